The van der Waals surface area contributed by atoms with Gasteiger partial charge >= 0.3 is 0 Å². The Hall–Kier alpha value is -0.290. The zero-order chi connectivity index (χ0) is 7.84. The highest BCUT2D eigenvalue weighted by Gasteiger charge is 2.14. The maximum atomic E-state index is 11.0. The summed E-state index contributed by atoms with van der Waals surface area (Å²) in [6.45, 7) is 0.950. The van der Waals surface area contributed by atoms with Crippen molar-refractivity contribution in [1.29, 1.82) is 0 Å². The van der Waals surface area contributed by atoms with E-state index in [-0.39, 0.29) is 5.56 Å². The molecule has 3 nitrogen and oxygen atoms in total. The molecule has 58 valence electrons. The van der Waals surface area contributed by atoms with Crippen molar-refractivity contribution in [1.82, 2.24) is 9.55 Å². The maximum absolute atomic E-state index is 11.0. The van der Waals surface area contributed by atoms with Crippen LogP contribution in [0.3, 0.4) is 0 Å². The fourth-order valence-electron chi connectivity index (χ4n) is 0.995. The molecule has 0 spiro atoms. The second-order valence-corrected chi connectivity index (χ2v) is 4.09. The lowest BCUT2D eigenvalue weighted by atomic mass is 10.6. The van der Waals surface area contributed by atoms with Gasteiger partial charge in [0.15, 0.2) is 0 Å². The van der Waals surface area contributed by atoms with Gasteiger partial charge in [-0.2, -0.15) is 4.98 Å². The first kappa shape index (κ1) is 7.36. The summed E-state index contributed by atoms with van der Waals surface area (Å²) in [6, 6.07) is 0. The summed E-state index contributed by atoms with van der Waals surface area (Å²) < 4.78 is 2.58. The van der Waals surface area contributed by atoms with Gasteiger partial charge in [0, 0.05) is 12.3 Å². The SMILES string of the molecule is O=c1ncn2c(c1Br)SCC2. The van der Waals surface area contributed by atoms with E-state index in [0.717, 1.165) is 17.3 Å². The predicted octanol–water partition coefficient (Wildman–Crippen LogP) is 1.11. The van der Waals surface area contributed by atoms with Crippen LogP contribution in [0, 0.1) is 0 Å². The van der Waals surface area contributed by atoms with Gasteiger partial charge in [0.2, 0.25) is 0 Å². The Balaban J connectivity index is 2.72. The zero-order valence-electron chi connectivity index (χ0n) is 5.58. The van der Waals surface area contributed by atoms with E-state index in [4.69, 9.17) is 0 Å². The zero-order valence-corrected chi connectivity index (χ0v) is 7.98. The van der Waals surface area contributed by atoms with Gasteiger partial charge in [-0.25, -0.2) is 0 Å². The Morgan fingerprint density at radius 2 is 2.55 bits per heavy atom. The van der Waals surface area contributed by atoms with Crippen molar-refractivity contribution in [2.75, 3.05) is 5.75 Å². The molecule has 1 aromatic rings. The quantitative estimate of drug-likeness (QED) is 0.629. The molecule has 1 aliphatic rings. The summed E-state index contributed by atoms with van der Waals surface area (Å²) in [5.41, 5.74) is -0.175. The first-order chi connectivity index (χ1) is 5.29. The standard InChI is InChI=1S/C6H5BrN2OS/c7-4-5(10)8-3-9-1-2-11-6(4)9/h3H,1-2H2. The molecule has 0 bridgehead atoms. The van der Waals surface area contributed by atoms with Gasteiger partial charge in [0.25, 0.3) is 5.56 Å². The molecule has 5 heteroatoms. The van der Waals surface area contributed by atoms with Gasteiger partial charge in [0.1, 0.15) is 4.47 Å². The van der Waals surface area contributed by atoms with E-state index in [0.29, 0.717) is 4.47 Å². The summed E-state index contributed by atoms with van der Waals surface area (Å²) in [7, 11) is 0. The van der Waals surface area contributed by atoms with Crippen LogP contribution >= 0.6 is 27.7 Å². The number of fused-ring (bicyclic) bond motifs is 1. The highest BCUT2D eigenvalue weighted by atomic mass is 79.9. The lowest BCUT2D eigenvalue weighted by molar-refractivity contribution is 0.687. The molecule has 0 unspecified atom stereocenters. The minimum absolute atomic E-state index is 0.175. The third-order valence-electron chi connectivity index (χ3n) is 1.52. The average Bonchev–Trinajstić information content (AvgIpc) is 2.45. The Morgan fingerprint density at radius 1 is 1.73 bits per heavy atom. The summed E-state index contributed by atoms with van der Waals surface area (Å²) in [5, 5.41) is 1.00. The van der Waals surface area contributed by atoms with Crippen LogP contribution in [-0.4, -0.2) is 15.3 Å². The Morgan fingerprint density at radius 3 is 3.36 bits per heavy atom. The maximum Gasteiger partial charge on any atom is 0.288 e. The van der Waals surface area contributed by atoms with E-state index in [9.17, 15) is 4.79 Å². The van der Waals surface area contributed by atoms with Crippen molar-refractivity contribution in [2.24, 2.45) is 0 Å². The molecular formula is C6H5BrN2OS. The first-order valence-corrected chi connectivity index (χ1v) is 4.94. The lowest BCUT2D eigenvalue weighted by Crippen LogP contribution is -2.11. The number of nitrogens with zero attached hydrogens (tertiary/aromatic N) is 2. The second-order valence-electron chi connectivity index (χ2n) is 2.21. The van der Waals surface area contributed by atoms with Gasteiger partial charge < -0.3 is 4.57 Å². The van der Waals surface area contributed by atoms with Crippen molar-refractivity contribution < 1.29 is 0 Å². The van der Waals surface area contributed by atoms with Gasteiger partial charge in [-0.05, 0) is 15.9 Å². The molecule has 0 amide bonds. The van der Waals surface area contributed by atoms with Crippen LogP contribution in [-0.2, 0) is 6.54 Å². The number of hydrogen-bond acceptors (Lipinski definition) is 3. The molecule has 0 fully saturated rings. The van der Waals surface area contributed by atoms with Crippen LogP contribution in [0.15, 0.2) is 20.6 Å². The van der Waals surface area contributed by atoms with Crippen LogP contribution in [0.1, 0.15) is 0 Å². The highest BCUT2D eigenvalue weighted by Crippen LogP contribution is 2.28. The molecule has 0 aromatic carbocycles. The van der Waals surface area contributed by atoms with Crippen LogP contribution in [0.4, 0.5) is 0 Å². The largest absolute Gasteiger partial charge is 0.325 e. The summed E-state index contributed by atoms with van der Waals surface area (Å²) in [6.07, 6.45) is 1.60. The van der Waals surface area contributed by atoms with Gasteiger partial charge in [-0.1, -0.05) is 0 Å². The Labute approximate surface area is 76.0 Å². The van der Waals surface area contributed by atoms with Gasteiger partial charge in [0.05, 0.1) is 11.4 Å². The van der Waals surface area contributed by atoms with E-state index < -0.39 is 0 Å². The molecular weight excluding hydrogens is 228 g/mol. The summed E-state index contributed by atoms with van der Waals surface area (Å²) in [4.78, 5) is 14.7. The fraction of sp³-hybridized carbons (Fsp3) is 0.333. The van der Waals surface area contributed by atoms with Crippen LogP contribution in [0.5, 0.6) is 0 Å². The molecule has 11 heavy (non-hydrogen) atoms. The van der Waals surface area contributed by atoms with Crippen LogP contribution in [0.2, 0.25) is 0 Å². The van der Waals surface area contributed by atoms with Crippen molar-refractivity contribution >= 4 is 27.7 Å². The van der Waals surface area contributed by atoms with E-state index >= 15 is 0 Å². The topological polar surface area (TPSA) is 34.9 Å². The molecule has 1 aromatic heterocycles. The normalized spacial score (nSPS) is 15.0. The fourth-order valence-corrected chi connectivity index (χ4v) is 2.67. The van der Waals surface area contributed by atoms with E-state index in [1.165, 1.54) is 0 Å². The average molecular weight is 233 g/mol. The van der Waals surface area contributed by atoms with Crippen molar-refractivity contribution in [3.63, 3.8) is 0 Å². The highest BCUT2D eigenvalue weighted by molar-refractivity contribution is 9.10. The van der Waals surface area contributed by atoms with Crippen LogP contribution < -0.4 is 5.56 Å². The number of hydrogen-bond donors (Lipinski definition) is 0. The minimum atomic E-state index is -0.175. The number of rotatable bonds is 0. The molecule has 0 saturated heterocycles. The van der Waals surface area contributed by atoms with Crippen molar-refractivity contribution in [2.45, 2.75) is 11.6 Å². The predicted molar refractivity (Wildman–Crippen MR) is 46.9 cm³/mol. The molecule has 0 N–H and O–H groups in total. The molecule has 1 aliphatic heterocycles. The Bertz CT molecular complexity index is 349. The smallest absolute Gasteiger partial charge is 0.288 e. The molecule has 0 radical (unpaired) electrons. The first-order valence-electron chi connectivity index (χ1n) is 3.17. The monoisotopic (exact) mass is 232 g/mol. The van der Waals surface area contributed by atoms with E-state index in [2.05, 4.69) is 20.9 Å². The second kappa shape index (κ2) is 2.64. The minimum Gasteiger partial charge on any atom is -0.325 e. The number of aryl methyl sites for hydroxylation is 1. The molecule has 0 aliphatic carbocycles. The third-order valence-corrected chi connectivity index (χ3v) is 3.60. The summed E-state index contributed by atoms with van der Waals surface area (Å²) in [5.74, 6) is 1.03. The lowest BCUT2D eigenvalue weighted by Gasteiger charge is -2.00. The molecule has 2 heterocycles. The number of halogens is 1. The number of thioether (sulfide) groups is 1. The van der Waals surface area contributed by atoms with Crippen molar-refractivity contribution in [3.05, 3.63) is 21.2 Å². The summed E-state index contributed by atoms with van der Waals surface area (Å²) >= 11 is 4.90. The van der Waals surface area contributed by atoms with E-state index in [1.807, 2.05) is 4.57 Å². The molecule has 2 rings (SSSR count). The third kappa shape index (κ3) is 1.12. The van der Waals surface area contributed by atoms with E-state index in [1.54, 1.807) is 18.1 Å². The van der Waals surface area contributed by atoms with Gasteiger partial charge in [-0.3, -0.25) is 4.79 Å². The molecule has 0 saturated carbocycles. The Kier molecular flexibility index (Phi) is 1.77. The number of aromatic nitrogens is 2. The van der Waals surface area contributed by atoms with Crippen molar-refractivity contribution in [3.8, 4) is 0 Å². The molecule has 0 atom stereocenters. The van der Waals surface area contributed by atoms with Gasteiger partial charge in [-0.15, -0.1) is 11.8 Å². The van der Waals surface area contributed by atoms with Crippen LogP contribution in [0.25, 0.3) is 0 Å².